The Kier molecular flexibility index (Phi) is 3.37. The van der Waals surface area contributed by atoms with E-state index >= 15 is 0 Å². The fourth-order valence-electron chi connectivity index (χ4n) is 2.32. The second-order valence-corrected chi connectivity index (χ2v) is 5.72. The van der Waals surface area contributed by atoms with E-state index in [1.807, 2.05) is 25.1 Å². The lowest BCUT2D eigenvalue weighted by atomic mass is 10.1. The number of nitrogens with zero attached hydrogens (tertiary/aromatic N) is 2. The van der Waals surface area contributed by atoms with Gasteiger partial charge in [-0.2, -0.15) is 5.01 Å². The third-order valence-corrected chi connectivity index (χ3v) is 4.06. The molecular formula is C16H14ClN3O2. The van der Waals surface area contributed by atoms with Crippen molar-refractivity contribution >= 4 is 40.1 Å². The maximum Gasteiger partial charge on any atom is 0.275 e. The minimum absolute atomic E-state index is 0.352. The summed E-state index contributed by atoms with van der Waals surface area (Å²) in [4.78, 5) is 28.5. The maximum absolute atomic E-state index is 12.0. The molecule has 0 aliphatic carbocycles. The van der Waals surface area contributed by atoms with E-state index in [1.165, 1.54) is 0 Å². The SMILES string of the molecule is CC1=C(C)C(=O)N(Nc2cc(Cl)c3cc(C)ccc3n2)C1=O. The molecule has 1 N–H and O–H groups in total. The molecular weight excluding hydrogens is 302 g/mol. The van der Waals surface area contributed by atoms with Crippen LogP contribution in [0.15, 0.2) is 35.4 Å². The molecule has 0 radical (unpaired) electrons. The lowest BCUT2D eigenvalue weighted by molar-refractivity contribution is -0.135. The number of nitrogens with one attached hydrogen (secondary N) is 1. The Hall–Kier alpha value is -2.40. The van der Waals surface area contributed by atoms with Gasteiger partial charge in [0.15, 0.2) is 0 Å². The van der Waals surface area contributed by atoms with Crippen LogP contribution in [0.4, 0.5) is 5.82 Å². The number of imide groups is 1. The van der Waals surface area contributed by atoms with Crippen LogP contribution in [0, 0.1) is 6.92 Å². The van der Waals surface area contributed by atoms with Crippen molar-refractivity contribution in [2.45, 2.75) is 20.8 Å². The van der Waals surface area contributed by atoms with Crippen LogP contribution in [-0.4, -0.2) is 21.8 Å². The molecule has 1 aliphatic rings. The van der Waals surface area contributed by atoms with E-state index in [2.05, 4.69) is 10.4 Å². The molecule has 22 heavy (non-hydrogen) atoms. The van der Waals surface area contributed by atoms with E-state index in [9.17, 15) is 9.59 Å². The van der Waals surface area contributed by atoms with Gasteiger partial charge in [0.25, 0.3) is 11.8 Å². The minimum Gasteiger partial charge on any atom is -0.271 e. The average molecular weight is 316 g/mol. The second kappa shape index (κ2) is 5.10. The first-order valence-electron chi connectivity index (χ1n) is 6.78. The highest BCUT2D eigenvalue weighted by Gasteiger charge is 2.34. The van der Waals surface area contributed by atoms with E-state index in [-0.39, 0.29) is 11.8 Å². The number of carbonyl (C=O) groups is 2. The number of fused-ring (bicyclic) bond motifs is 1. The van der Waals surface area contributed by atoms with Gasteiger partial charge in [-0.3, -0.25) is 15.0 Å². The van der Waals surface area contributed by atoms with Gasteiger partial charge in [0, 0.05) is 22.6 Å². The summed E-state index contributed by atoms with van der Waals surface area (Å²) in [5.41, 5.74) is 5.38. The van der Waals surface area contributed by atoms with Crippen LogP contribution < -0.4 is 5.43 Å². The predicted molar refractivity (Wildman–Crippen MR) is 85.3 cm³/mol. The van der Waals surface area contributed by atoms with Crippen molar-refractivity contribution in [3.8, 4) is 0 Å². The van der Waals surface area contributed by atoms with Crippen LogP contribution in [0.5, 0.6) is 0 Å². The van der Waals surface area contributed by atoms with Crippen LogP contribution in [0.2, 0.25) is 5.02 Å². The largest absolute Gasteiger partial charge is 0.275 e. The third-order valence-electron chi connectivity index (χ3n) is 3.75. The first-order chi connectivity index (χ1) is 10.4. The van der Waals surface area contributed by atoms with Gasteiger partial charge in [-0.25, -0.2) is 4.98 Å². The van der Waals surface area contributed by atoms with E-state index in [1.54, 1.807) is 19.9 Å². The quantitative estimate of drug-likeness (QED) is 0.864. The summed E-state index contributed by atoms with van der Waals surface area (Å²) in [5.74, 6) is -0.389. The highest BCUT2D eigenvalue weighted by Crippen LogP contribution is 2.27. The molecule has 2 heterocycles. The average Bonchev–Trinajstić information content (AvgIpc) is 2.66. The molecule has 1 aliphatic heterocycles. The van der Waals surface area contributed by atoms with Gasteiger partial charge in [-0.1, -0.05) is 23.2 Å². The molecule has 0 spiro atoms. The number of hydrazine groups is 1. The molecule has 1 aromatic carbocycles. The number of anilines is 1. The lowest BCUT2D eigenvalue weighted by Crippen LogP contribution is -2.37. The van der Waals surface area contributed by atoms with Crippen molar-refractivity contribution in [2.24, 2.45) is 0 Å². The molecule has 6 heteroatoms. The Balaban J connectivity index is 1.98. The molecule has 0 bridgehead atoms. The zero-order chi connectivity index (χ0) is 16.0. The number of aromatic nitrogens is 1. The summed E-state index contributed by atoms with van der Waals surface area (Å²) in [6.45, 7) is 5.22. The van der Waals surface area contributed by atoms with E-state index in [0.717, 1.165) is 16.0 Å². The molecule has 5 nitrogen and oxygen atoms in total. The molecule has 3 rings (SSSR count). The summed E-state index contributed by atoms with van der Waals surface area (Å²) in [5, 5.41) is 2.30. The number of carbonyl (C=O) groups excluding carboxylic acids is 2. The van der Waals surface area contributed by atoms with Crippen molar-refractivity contribution in [3.05, 3.63) is 46.0 Å². The smallest absolute Gasteiger partial charge is 0.271 e. The fraction of sp³-hybridized carbons (Fsp3) is 0.188. The van der Waals surface area contributed by atoms with Gasteiger partial charge in [-0.15, -0.1) is 0 Å². The summed E-state index contributed by atoms with van der Waals surface area (Å²) in [6.07, 6.45) is 0. The summed E-state index contributed by atoms with van der Waals surface area (Å²) in [7, 11) is 0. The van der Waals surface area contributed by atoms with E-state index < -0.39 is 0 Å². The van der Waals surface area contributed by atoms with E-state index in [0.29, 0.717) is 27.5 Å². The molecule has 2 aromatic rings. The summed E-state index contributed by atoms with van der Waals surface area (Å²) >= 11 is 6.27. The first kappa shape index (κ1) is 14.5. The minimum atomic E-state index is -0.371. The number of halogens is 1. The summed E-state index contributed by atoms with van der Waals surface area (Å²) < 4.78 is 0. The van der Waals surface area contributed by atoms with Crippen molar-refractivity contribution in [1.82, 2.24) is 9.99 Å². The number of amides is 2. The number of hydrogen-bond acceptors (Lipinski definition) is 4. The van der Waals surface area contributed by atoms with Crippen LogP contribution in [0.3, 0.4) is 0 Å². The predicted octanol–water partition coefficient (Wildman–Crippen LogP) is 3.23. The molecule has 0 fully saturated rings. The van der Waals surface area contributed by atoms with Gasteiger partial charge < -0.3 is 0 Å². The molecule has 112 valence electrons. The normalized spacial score (nSPS) is 15.2. The zero-order valence-electron chi connectivity index (χ0n) is 12.4. The van der Waals surface area contributed by atoms with Gasteiger partial charge in [0.1, 0.15) is 5.82 Å². The molecule has 0 unspecified atom stereocenters. The third kappa shape index (κ3) is 2.23. The molecule has 0 saturated carbocycles. The van der Waals surface area contributed by atoms with Crippen molar-refractivity contribution < 1.29 is 9.59 Å². The Morgan fingerprint density at radius 3 is 2.32 bits per heavy atom. The Morgan fingerprint density at radius 2 is 1.68 bits per heavy atom. The Labute approximate surface area is 132 Å². The van der Waals surface area contributed by atoms with Gasteiger partial charge in [-0.05, 0) is 32.9 Å². The van der Waals surface area contributed by atoms with Gasteiger partial charge in [0.2, 0.25) is 0 Å². The molecule has 2 amide bonds. The van der Waals surface area contributed by atoms with Crippen molar-refractivity contribution in [1.29, 1.82) is 0 Å². The van der Waals surface area contributed by atoms with Gasteiger partial charge in [0.05, 0.1) is 10.5 Å². The van der Waals surface area contributed by atoms with Gasteiger partial charge >= 0.3 is 0 Å². The standard InChI is InChI=1S/C16H14ClN3O2/c1-8-4-5-13-11(6-8)12(17)7-14(18-13)19-20-15(21)9(2)10(3)16(20)22/h4-7H,1-3H3,(H,18,19). The topological polar surface area (TPSA) is 62.3 Å². The zero-order valence-corrected chi connectivity index (χ0v) is 13.2. The number of benzene rings is 1. The Morgan fingerprint density at radius 1 is 1.05 bits per heavy atom. The first-order valence-corrected chi connectivity index (χ1v) is 7.16. The number of rotatable bonds is 2. The lowest BCUT2D eigenvalue weighted by Gasteiger charge is -2.17. The number of aryl methyl sites for hydroxylation is 1. The number of hydrogen-bond donors (Lipinski definition) is 1. The Bertz CT molecular complexity index is 834. The van der Waals surface area contributed by atoms with Crippen LogP contribution in [0.1, 0.15) is 19.4 Å². The maximum atomic E-state index is 12.0. The van der Waals surface area contributed by atoms with Crippen LogP contribution in [-0.2, 0) is 9.59 Å². The summed E-state index contributed by atoms with van der Waals surface area (Å²) in [6, 6.07) is 7.32. The molecule has 0 saturated heterocycles. The fourth-order valence-corrected chi connectivity index (χ4v) is 2.58. The van der Waals surface area contributed by atoms with Crippen LogP contribution in [0.25, 0.3) is 10.9 Å². The molecule has 1 aromatic heterocycles. The highest BCUT2D eigenvalue weighted by atomic mass is 35.5. The second-order valence-electron chi connectivity index (χ2n) is 5.32. The highest BCUT2D eigenvalue weighted by molar-refractivity contribution is 6.35. The monoisotopic (exact) mass is 315 g/mol. The van der Waals surface area contributed by atoms with E-state index in [4.69, 9.17) is 11.6 Å². The van der Waals surface area contributed by atoms with Crippen LogP contribution >= 0.6 is 11.6 Å². The van der Waals surface area contributed by atoms with Crippen molar-refractivity contribution in [3.63, 3.8) is 0 Å². The molecule has 0 atom stereocenters. The van der Waals surface area contributed by atoms with Crippen molar-refractivity contribution in [2.75, 3.05) is 5.43 Å². The number of pyridine rings is 1.